The van der Waals surface area contributed by atoms with Gasteiger partial charge in [0.25, 0.3) is 0 Å². The van der Waals surface area contributed by atoms with Crippen LogP contribution in [0.2, 0.25) is 0 Å². The molecule has 25 heavy (non-hydrogen) atoms. The van der Waals surface area contributed by atoms with E-state index >= 15 is 0 Å². The SMILES string of the molecule is CC1CCCN(C(=O)C2CCN(CC(O)c3ccccc3F)CC2)C1. The third kappa shape index (κ3) is 4.59. The van der Waals surface area contributed by atoms with Crippen LogP contribution in [0.5, 0.6) is 0 Å². The van der Waals surface area contributed by atoms with Gasteiger partial charge in [-0.2, -0.15) is 0 Å². The molecule has 2 aliphatic heterocycles. The summed E-state index contributed by atoms with van der Waals surface area (Å²) in [5.41, 5.74) is 0.350. The van der Waals surface area contributed by atoms with Gasteiger partial charge in [0.1, 0.15) is 5.82 Å². The van der Waals surface area contributed by atoms with Gasteiger partial charge in [0, 0.05) is 31.1 Å². The first-order valence-electron chi connectivity index (χ1n) is 9.48. The molecule has 0 bridgehead atoms. The molecule has 2 fully saturated rings. The minimum Gasteiger partial charge on any atom is -0.387 e. The van der Waals surface area contributed by atoms with E-state index in [1.54, 1.807) is 18.2 Å². The number of hydrogen-bond donors (Lipinski definition) is 1. The molecule has 0 aromatic heterocycles. The summed E-state index contributed by atoms with van der Waals surface area (Å²) in [5.74, 6) is 0.654. The Morgan fingerprint density at radius 3 is 2.64 bits per heavy atom. The molecule has 1 N–H and O–H groups in total. The van der Waals surface area contributed by atoms with Crippen molar-refractivity contribution >= 4 is 5.91 Å². The van der Waals surface area contributed by atoms with Gasteiger partial charge in [-0.05, 0) is 50.8 Å². The Kier molecular flexibility index (Phi) is 6.07. The minimum atomic E-state index is -0.823. The molecule has 2 aliphatic rings. The summed E-state index contributed by atoms with van der Waals surface area (Å²) in [7, 11) is 0. The van der Waals surface area contributed by atoms with Crippen LogP contribution in [-0.4, -0.2) is 53.5 Å². The molecular weight excluding hydrogens is 319 g/mol. The molecule has 0 aliphatic carbocycles. The van der Waals surface area contributed by atoms with Gasteiger partial charge < -0.3 is 14.9 Å². The second-order valence-electron chi connectivity index (χ2n) is 7.64. The molecule has 2 saturated heterocycles. The van der Waals surface area contributed by atoms with Crippen molar-refractivity contribution in [2.75, 3.05) is 32.7 Å². The lowest BCUT2D eigenvalue weighted by Crippen LogP contribution is -2.46. The van der Waals surface area contributed by atoms with E-state index in [9.17, 15) is 14.3 Å². The van der Waals surface area contributed by atoms with Crippen LogP contribution in [0, 0.1) is 17.7 Å². The maximum atomic E-state index is 13.8. The van der Waals surface area contributed by atoms with Gasteiger partial charge in [-0.25, -0.2) is 4.39 Å². The zero-order valence-corrected chi connectivity index (χ0v) is 15.0. The fourth-order valence-corrected chi connectivity index (χ4v) is 4.10. The van der Waals surface area contributed by atoms with Crippen molar-refractivity contribution in [2.45, 2.75) is 38.7 Å². The predicted octanol–water partition coefficient (Wildman–Crippen LogP) is 2.83. The van der Waals surface area contributed by atoms with E-state index in [0.717, 1.165) is 45.4 Å². The Morgan fingerprint density at radius 1 is 1.24 bits per heavy atom. The molecule has 3 rings (SSSR count). The third-order valence-corrected chi connectivity index (χ3v) is 5.60. The largest absolute Gasteiger partial charge is 0.387 e. The smallest absolute Gasteiger partial charge is 0.225 e. The van der Waals surface area contributed by atoms with Crippen molar-refractivity contribution < 1.29 is 14.3 Å². The summed E-state index contributed by atoms with van der Waals surface area (Å²) in [6, 6.07) is 6.38. The monoisotopic (exact) mass is 348 g/mol. The van der Waals surface area contributed by atoms with Crippen molar-refractivity contribution in [3.8, 4) is 0 Å². The van der Waals surface area contributed by atoms with Crippen molar-refractivity contribution in [3.05, 3.63) is 35.6 Å². The lowest BCUT2D eigenvalue weighted by molar-refractivity contribution is -0.138. The summed E-state index contributed by atoms with van der Waals surface area (Å²) >= 11 is 0. The summed E-state index contributed by atoms with van der Waals surface area (Å²) in [6.45, 7) is 5.99. The van der Waals surface area contributed by atoms with E-state index in [1.807, 2.05) is 4.90 Å². The maximum Gasteiger partial charge on any atom is 0.225 e. The van der Waals surface area contributed by atoms with Crippen molar-refractivity contribution in [2.24, 2.45) is 11.8 Å². The van der Waals surface area contributed by atoms with Crippen LogP contribution in [-0.2, 0) is 4.79 Å². The molecule has 2 heterocycles. The molecule has 1 aromatic carbocycles. The van der Waals surface area contributed by atoms with Gasteiger partial charge in [0.15, 0.2) is 0 Å². The Labute approximate surface area is 149 Å². The fourth-order valence-electron chi connectivity index (χ4n) is 4.10. The van der Waals surface area contributed by atoms with E-state index in [0.29, 0.717) is 23.9 Å². The molecular formula is C20H29FN2O2. The van der Waals surface area contributed by atoms with Crippen molar-refractivity contribution in [3.63, 3.8) is 0 Å². The van der Waals surface area contributed by atoms with Gasteiger partial charge in [-0.15, -0.1) is 0 Å². The van der Waals surface area contributed by atoms with Crippen LogP contribution in [0.4, 0.5) is 4.39 Å². The number of aliphatic hydroxyl groups excluding tert-OH is 1. The Morgan fingerprint density at radius 2 is 1.96 bits per heavy atom. The molecule has 2 atom stereocenters. The molecule has 0 saturated carbocycles. The molecule has 5 heteroatoms. The highest BCUT2D eigenvalue weighted by molar-refractivity contribution is 5.79. The maximum absolute atomic E-state index is 13.8. The normalized spacial score (nSPS) is 24.3. The van der Waals surface area contributed by atoms with Crippen LogP contribution >= 0.6 is 0 Å². The highest BCUT2D eigenvalue weighted by atomic mass is 19.1. The Balaban J connectivity index is 1.48. The number of piperidine rings is 2. The van der Waals surface area contributed by atoms with Crippen LogP contribution in [0.15, 0.2) is 24.3 Å². The number of rotatable bonds is 4. The van der Waals surface area contributed by atoms with Gasteiger partial charge in [-0.1, -0.05) is 25.1 Å². The summed E-state index contributed by atoms with van der Waals surface area (Å²) in [6.07, 6.45) is 3.16. The first-order chi connectivity index (χ1) is 12.0. The third-order valence-electron chi connectivity index (χ3n) is 5.60. The Bertz CT molecular complexity index is 587. The van der Waals surface area contributed by atoms with E-state index < -0.39 is 6.10 Å². The highest BCUT2D eigenvalue weighted by Gasteiger charge is 2.31. The summed E-state index contributed by atoms with van der Waals surface area (Å²) in [5, 5.41) is 10.3. The van der Waals surface area contributed by atoms with E-state index in [-0.39, 0.29) is 11.7 Å². The molecule has 2 unspecified atom stereocenters. The van der Waals surface area contributed by atoms with Crippen LogP contribution in [0.1, 0.15) is 44.3 Å². The number of halogens is 1. The molecule has 0 spiro atoms. The zero-order valence-electron chi connectivity index (χ0n) is 15.0. The molecule has 1 aromatic rings. The predicted molar refractivity (Wildman–Crippen MR) is 95.5 cm³/mol. The van der Waals surface area contributed by atoms with Gasteiger partial charge >= 0.3 is 0 Å². The lowest BCUT2D eigenvalue weighted by atomic mass is 9.92. The molecule has 0 radical (unpaired) electrons. The van der Waals surface area contributed by atoms with Crippen molar-refractivity contribution in [1.29, 1.82) is 0 Å². The van der Waals surface area contributed by atoms with E-state index in [4.69, 9.17) is 0 Å². The van der Waals surface area contributed by atoms with Gasteiger partial charge in [0.05, 0.1) is 6.10 Å². The average Bonchev–Trinajstić information content (AvgIpc) is 2.62. The summed E-state index contributed by atoms with van der Waals surface area (Å²) in [4.78, 5) is 16.9. The number of β-amino-alcohol motifs (C(OH)–C–C–N with tert-alkyl or cyclic N) is 1. The second-order valence-corrected chi connectivity index (χ2v) is 7.64. The quantitative estimate of drug-likeness (QED) is 0.910. The van der Waals surface area contributed by atoms with Gasteiger partial charge in [0.2, 0.25) is 5.91 Å². The van der Waals surface area contributed by atoms with Crippen LogP contribution in [0.25, 0.3) is 0 Å². The Hall–Kier alpha value is -1.46. The van der Waals surface area contributed by atoms with Crippen LogP contribution in [0.3, 0.4) is 0 Å². The molecule has 1 amide bonds. The highest BCUT2D eigenvalue weighted by Crippen LogP contribution is 2.25. The number of nitrogens with zero attached hydrogens (tertiary/aromatic N) is 2. The van der Waals surface area contributed by atoms with Crippen molar-refractivity contribution in [1.82, 2.24) is 9.80 Å². The minimum absolute atomic E-state index is 0.104. The molecule has 4 nitrogen and oxygen atoms in total. The first kappa shape index (κ1) is 18.3. The summed E-state index contributed by atoms with van der Waals surface area (Å²) < 4.78 is 13.8. The van der Waals surface area contributed by atoms with E-state index in [2.05, 4.69) is 11.8 Å². The lowest BCUT2D eigenvalue weighted by Gasteiger charge is -2.37. The number of amides is 1. The number of carbonyl (C=O) groups excluding carboxylic acids is 1. The number of likely N-dealkylation sites (tertiary alicyclic amines) is 2. The fraction of sp³-hybridized carbons (Fsp3) is 0.650. The second kappa shape index (κ2) is 8.28. The standard InChI is InChI=1S/C20H29FN2O2/c1-15-5-4-10-23(13-15)20(25)16-8-11-22(12-9-16)14-19(24)17-6-2-3-7-18(17)21/h2-3,6-7,15-16,19,24H,4-5,8-14H2,1H3. The topological polar surface area (TPSA) is 43.8 Å². The zero-order chi connectivity index (χ0) is 17.8. The number of carbonyl (C=O) groups is 1. The first-order valence-corrected chi connectivity index (χ1v) is 9.48. The van der Waals surface area contributed by atoms with Gasteiger partial charge in [-0.3, -0.25) is 4.79 Å². The number of hydrogen-bond acceptors (Lipinski definition) is 3. The van der Waals surface area contributed by atoms with E-state index in [1.165, 1.54) is 12.5 Å². The number of benzene rings is 1. The average molecular weight is 348 g/mol. The van der Waals surface area contributed by atoms with Crippen LogP contribution < -0.4 is 0 Å². The molecule has 138 valence electrons. The number of aliphatic hydroxyl groups is 1.